The molecule has 150 valence electrons. The number of hydrogen-bond donors (Lipinski definition) is 2. The van der Waals surface area contributed by atoms with E-state index in [9.17, 15) is 18.3 Å². The van der Waals surface area contributed by atoms with Gasteiger partial charge < -0.3 is 19.3 Å². The summed E-state index contributed by atoms with van der Waals surface area (Å²) in [6.45, 7) is 1.89. The normalized spacial score (nSPS) is 14.9. The van der Waals surface area contributed by atoms with E-state index in [2.05, 4.69) is 9.72 Å². The average molecular weight is 402 g/mol. The van der Waals surface area contributed by atoms with Crippen LogP contribution >= 0.6 is 0 Å². The lowest BCUT2D eigenvalue weighted by molar-refractivity contribution is -0.274. The fraction of sp³-hybridized carbons (Fsp3) is 0.200. The molecule has 2 heterocycles. The van der Waals surface area contributed by atoms with E-state index in [-0.39, 0.29) is 23.7 Å². The molecular weight excluding hydrogens is 385 g/mol. The van der Waals surface area contributed by atoms with E-state index in [4.69, 9.17) is 5.41 Å². The molecule has 0 fully saturated rings. The third kappa shape index (κ3) is 3.39. The zero-order valence-corrected chi connectivity index (χ0v) is 15.6. The van der Waals surface area contributed by atoms with Gasteiger partial charge in [-0.1, -0.05) is 12.1 Å². The van der Waals surface area contributed by atoms with E-state index >= 15 is 0 Å². The zero-order valence-electron chi connectivity index (χ0n) is 15.6. The van der Waals surface area contributed by atoms with Crippen LogP contribution in [0.15, 0.2) is 48.2 Å². The van der Waals surface area contributed by atoms with E-state index in [1.807, 2.05) is 25.1 Å². The number of nitrogens with one attached hydrogen (secondary N) is 1. The van der Waals surface area contributed by atoms with Gasteiger partial charge in [-0.3, -0.25) is 5.41 Å². The van der Waals surface area contributed by atoms with E-state index in [1.165, 1.54) is 23.1 Å². The molecule has 1 aliphatic rings. The van der Waals surface area contributed by atoms with Gasteiger partial charge >= 0.3 is 6.36 Å². The number of benzene rings is 2. The maximum Gasteiger partial charge on any atom is 0.573 e. The Morgan fingerprint density at radius 1 is 1.17 bits per heavy atom. The summed E-state index contributed by atoms with van der Waals surface area (Å²) in [5.41, 5.74) is 3.15. The van der Waals surface area contributed by atoms with Crippen LogP contribution in [0.25, 0.3) is 16.6 Å². The molecule has 0 aliphatic carbocycles. The summed E-state index contributed by atoms with van der Waals surface area (Å²) in [7, 11) is 1.79. The van der Waals surface area contributed by atoms with Gasteiger partial charge in [-0.05, 0) is 36.8 Å². The third-order valence-corrected chi connectivity index (χ3v) is 4.73. The van der Waals surface area contributed by atoms with Gasteiger partial charge in [-0.25, -0.2) is 4.98 Å². The number of aromatic nitrogens is 2. The van der Waals surface area contributed by atoms with Crippen LogP contribution in [-0.2, 0) is 7.05 Å². The number of amidine groups is 1. The number of ether oxygens (including phenoxy) is 1. The Kier molecular flexibility index (Phi) is 4.25. The summed E-state index contributed by atoms with van der Waals surface area (Å²) in [6.07, 6.45) is -4.81. The molecule has 6 nitrogen and oxygen atoms in total. The van der Waals surface area contributed by atoms with E-state index in [0.29, 0.717) is 11.5 Å². The first-order chi connectivity index (χ1) is 13.6. The number of anilines is 1. The van der Waals surface area contributed by atoms with Crippen LogP contribution in [0.1, 0.15) is 11.4 Å². The van der Waals surface area contributed by atoms with Crippen LogP contribution < -0.4 is 9.64 Å². The van der Waals surface area contributed by atoms with Crippen LogP contribution in [0.4, 0.5) is 18.9 Å². The Morgan fingerprint density at radius 2 is 1.93 bits per heavy atom. The maximum absolute atomic E-state index is 12.5. The fourth-order valence-corrected chi connectivity index (χ4v) is 3.42. The van der Waals surface area contributed by atoms with Crippen molar-refractivity contribution >= 4 is 28.1 Å². The van der Waals surface area contributed by atoms with Gasteiger partial charge in [-0.2, -0.15) is 0 Å². The fourth-order valence-electron chi connectivity index (χ4n) is 3.42. The number of aliphatic hydroxyl groups excluding tert-OH is 1. The van der Waals surface area contributed by atoms with Crippen molar-refractivity contribution in [2.24, 2.45) is 7.05 Å². The summed E-state index contributed by atoms with van der Waals surface area (Å²) >= 11 is 0. The minimum Gasteiger partial charge on any atom is -0.509 e. The molecule has 1 aromatic heterocycles. The third-order valence-electron chi connectivity index (χ3n) is 4.73. The highest BCUT2D eigenvalue weighted by molar-refractivity contribution is 6.30. The number of aryl methyl sites for hydroxylation is 2. The molecule has 3 aromatic rings. The van der Waals surface area contributed by atoms with Gasteiger partial charge in [0.05, 0.1) is 23.2 Å². The quantitative estimate of drug-likeness (QED) is 0.674. The van der Waals surface area contributed by atoms with Crippen molar-refractivity contribution in [3.05, 3.63) is 59.6 Å². The Bertz CT molecular complexity index is 1160. The van der Waals surface area contributed by atoms with Crippen LogP contribution in [0.5, 0.6) is 5.75 Å². The smallest absolute Gasteiger partial charge is 0.509 e. The van der Waals surface area contributed by atoms with E-state index in [1.54, 1.807) is 17.7 Å². The first kappa shape index (κ1) is 18.9. The number of aliphatic hydroxyl groups is 1. The molecule has 0 spiro atoms. The van der Waals surface area contributed by atoms with Gasteiger partial charge in [0.2, 0.25) is 0 Å². The first-order valence-electron chi connectivity index (χ1n) is 8.72. The monoisotopic (exact) mass is 402 g/mol. The predicted octanol–water partition coefficient (Wildman–Crippen LogP) is 4.55. The topological polar surface area (TPSA) is 74.4 Å². The lowest BCUT2D eigenvalue weighted by Gasteiger charge is -2.20. The minimum atomic E-state index is -4.81. The molecule has 0 amide bonds. The highest BCUT2D eigenvalue weighted by Gasteiger charge is 2.34. The summed E-state index contributed by atoms with van der Waals surface area (Å²) in [5, 5.41) is 19.1. The van der Waals surface area contributed by atoms with Crippen molar-refractivity contribution in [3.8, 4) is 5.75 Å². The number of rotatable bonds is 3. The largest absolute Gasteiger partial charge is 0.573 e. The summed E-state index contributed by atoms with van der Waals surface area (Å²) in [5.74, 6) is -0.110. The second-order valence-electron chi connectivity index (χ2n) is 6.79. The number of fused-ring (bicyclic) bond motifs is 1. The molecular formula is C20H17F3N4O2. The summed E-state index contributed by atoms with van der Waals surface area (Å²) < 4.78 is 43.3. The molecule has 0 bridgehead atoms. The Balaban J connectivity index is 1.70. The Labute approximate surface area is 164 Å². The van der Waals surface area contributed by atoms with Crippen molar-refractivity contribution in [2.75, 3.05) is 11.4 Å². The van der Waals surface area contributed by atoms with E-state index < -0.39 is 12.1 Å². The van der Waals surface area contributed by atoms with Gasteiger partial charge in [0.1, 0.15) is 23.2 Å². The van der Waals surface area contributed by atoms with Gasteiger partial charge in [0.25, 0.3) is 0 Å². The molecule has 0 saturated carbocycles. The molecule has 29 heavy (non-hydrogen) atoms. The zero-order chi connectivity index (χ0) is 20.9. The molecule has 0 saturated heterocycles. The molecule has 2 N–H and O–H groups in total. The predicted molar refractivity (Wildman–Crippen MR) is 103 cm³/mol. The number of nitrogens with zero attached hydrogens (tertiary/aromatic N) is 3. The van der Waals surface area contributed by atoms with Gasteiger partial charge in [-0.15, -0.1) is 13.2 Å². The number of hydrogen-bond acceptors (Lipinski definition) is 4. The van der Waals surface area contributed by atoms with E-state index in [0.717, 1.165) is 16.6 Å². The summed E-state index contributed by atoms with van der Waals surface area (Å²) in [6, 6.07) is 11.1. The van der Waals surface area contributed by atoms with Crippen LogP contribution in [0.2, 0.25) is 0 Å². The molecule has 0 unspecified atom stereocenters. The average Bonchev–Trinajstić information content (AvgIpc) is 3.09. The molecule has 0 atom stereocenters. The van der Waals surface area contributed by atoms with Crippen molar-refractivity contribution in [3.63, 3.8) is 0 Å². The standard InChI is InChI=1S/C20H17F3N4O2/c1-11-6-7-15-14(8-11)25-19(26(15)2)17-16(28)10-27(18(17)24)12-4-3-5-13(9-12)29-20(21,22)23/h3-9,24,28H,10H2,1-2H3. The van der Waals surface area contributed by atoms with Crippen molar-refractivity contribution < 1.29 is 23.0 Å². The molecule has 2 aromatic carbocycles. The molecule has 9 heteroatoms. The molecule has 4 rings (SSSR count). The van der Waals surface area contributed by atoms with Crippen molar-refractivity contribution in [2.45, 2.75) is 13.3 Å². The van der Waals surface area contributed by atoms with Crippen LogP contribution in [0, 0.1) is 12.3 Å². The second kappa shape index (κ2) is 6.54. The number of alkyl halides is 3. The molecule has 0 radical (unpaired) electrons. The Morgan fingerprint density at radius 3 is 2.66 bits per heavy atom. The number of halogens is 3. The second-order valence-corrected chi connectivity index (χ2v) is 6.79. The van der Waals surface area contributed by atoms with Crippen LogP contribution in [0.3, 0.4) is 0 Å². The SMILES string of the molecule is Cc1ccc2c(c1)nc(C1=C(O)CN(c3cccc(OC(F)(F)F)c3)C1=N)n2C. The number of imidazole rings is 1. The summed E-state index contributed by atoms with van der Waals surface area (Å²) in [4.78, 5) is 5.96. The first-order valence-corrected chi connectivity index (χ1v) is 8.72. The van der Waals surface area contributed by atoms with Crippen molar-refractivity contribution in [1.82, 2.24) is 9.55 Å². The lowest BCUT2D eigenvalue weighted by Crippen LogP contribution is -2.26. The highest BCUT2D eigenvalue weighted by Crippen LogP contribution is 2.34. The van der Waals surface area contributed by atoms with Crippen molar-refractivity contribution in [1.29, 1.82) is 5.41 Å². The minimum absolute atomic E-state index is 0.0497. The lowest BCUT2D eigenvalue weighted by atomic mass is 10.2. The maximum atomic E-state index is 12.5. The highest BCUT2D eigenvalue weighted by atomic mass is 19.4. The van der Waals surface area contributed by atoms with Crippen LogP contribution in [-0.4, -0.2) is 33.4 Å². The van der Waals surface area contributed by atoms with Gasteiger partial charge in [0, 0.05) is 18.8 Å². The molecule has 1 aliphatic heterocycles. The van der Waals surface area contributed by atoms with Gasteiger partial charge in [0.15, 0.2) is 0 Å². The Hall–Kier alpha value is -3.49.